The van der Waals surface area contributed by atoms with Crippen molar-refractivity contribution < 1.29 is 9.84 Å². The topological polar surface area (TPSA) is 64.4 Å². The number of nitrogens with zero attached hydrogens (tertiary/aromatic N) is 2. The lowest BCUT2D eigenvalue weighted by Gasteiger charge is -2.39. The van der Waals surface area contributed by atoms with Crippen LogP contribution in [0.3, 0.4) is 0 Å². The molecule has 2 aromatic heterocycles. The van der Waals surface area contributed by atoms with Crippen LogP contribution >= 0.6 is 11.3 Å². The second-order valence-electron chi connectivity index (χ2n) is 4.47. The average molecular weight is 252 g/mol. The molecule has 0 amide bonds. The van der Waals surface area contributed by atoms with Crippen molar-refractivity contribution in [3.05, 3.63) is 28.1 Å². The smallest absolute Gasteiger partial charge is 0.262 e. The molecule has 1 aliphatic heterocycles. The number of ether oxygens (including phenoxy) is 1. The molecule has 2 aromatic rings. The highest BCUT2D eigenvalue weighted by atomic mass is 32.1. The Balaban J connectivity index is 2.00. The number of thiophene rings is 1. The third kappa shape index (κ3) is 1.69. The van der Waals surface area contributed by atoms with Crippen LogP contribution in [0, 0.1) is 5.41 Å². The summed E-state index contributed by atoms with van der Waals surface area (Å²) in [6.45, 7) is 1.48. The first-order valence-corrected chi connectivity index (χ1v) is 6.23. The minimum atomic E-state index is -0.310. The molecule has 0 spiro atoms. The quantitative estimate of drug-likeness (QED) is 0.862. The Labute approximate surface area is 101 Å². The van der Waals surface area contributed by atoms with Gasteiger partial charge in [0.15, 0.2) is 0 Å². The molecule has 1 saturated heterocycles. The Morgan fingerprint density at radius 1 is 1.59 bits per heavy atom. The zero-order chi connectivity index (χ0) is 11.9. The number of aromatic nitrogens is 2. The zero-order valence-electron chi connectivity index (χ0n) is 9.13. The number of fused-ring (bicyclic) bond motifs is 1. The maximum absolute atomic E-state index is 12.1. The van der Waals surface area contributed by atoms with Crippen LogP contribution in [0.5, 0.6) is 0 Å². The first-order chi connectivity index (χ1) is 8.24. The Hall–Kier alpha value is -1.24. The first-order valence-electron chi connectivity index (χ1n) is 5.35. The summed E-state index contributed by atoms with van der Waals surface area (Å²) in [5.74, 6) is 0. The minimum Gasteiger partial charge on any atom is -0.396 e. The van der Waals surface area contributed by atoms with Gasteiger partial charge in [-0.05, 0) is 11.4 Å². The van der Waals surface area contributed by atoms with Crippen LogP contribution < -0.4 is 5.56 Å². The fraction of sp³-hybridized carbons (Fsp3) is 0.455. The highest BCUT2D eigenvalue weighted by Gasteiger charge is 2.38. The van der Waals surface area contributed by atoms with Crippen molar-refractivity contribution in [2.75, 3.05) is 19.8 Å². The van der Waals surface area contributed by atoms with Crippen LogP contribution in [0.1, 0.15) is 0 Å². The number of aliphatic hydroxyl groups is 1. The zero-order valence-corrected chi connectivity index (χ0v) is 9.94. The maximum atomic E-state index is 12.1. The van der Waals surface area contributed by atoms with E-state index >= 15 is 0 Å². The van der Waals surface area contributed by atoms with E-state index in [1.807, 2.05) is 5.38 Å². The fourth-order valence-corrected chi connectivity index (χ4v) is 2.71. The van der Waals surface area contributed by atoms with Gasteiger partial charge < -0.3 is 9.84 Å². The number of hydrogen-bond acceptors (Lipinski definition) is 5. The van der Waals surface area contributed by atoms with E-state index in [0.717, 1.165) is 4.83 Å². The summed E-state index contributed by atoms with van der Waals surface area (Å²) < 4.78 is 6.68. The van der Waals surface area contributed by atoms with Crippen molar-refractivity contribution in [1.82, 2.24) is 9.55 Å². The Morgan fingerprint density at radius 3 is 3.06 bits per heavy atom. The maximum Gasteiger partial charge on any atom is 0.262 e. The number of rotatable bonds is 3. The molecule has 17 heavy (non-hydrogen) atoms. The van der Waals surface area contributed by atoms with Gasteiger partial charge in [-0.1, -0.05) is 0 Å². The van der Waals surface area contributed by atoms with Gasteiger partial charge in [0.1, 0.15) is 4.83 Å². The van der Waals surface area contributed by atoms with Crippen molar-refractivity contribution in [1.29, 1.82) is 0 Å². The summed E-state index contributed by atoms with van der Waals surface area (Å²) in [7, 11) is 0. The van der Waals surface area contributed by atoms with Gasteiger partial charge in [-0.2, -0.15) is 0 Å². The van der Waals surface area contributed by atoms with Crippen LogP contribution in [-0.4, -0.2) is 34.5 Å². The Morgan fingerprint density at radius 2 is 2.41 bits per heavy atom. The molecule has 3 rings (SSSR count). The lowest BCUT2D eigenvalue weighted by molar-refractivity contribution is -0.145. The SMILES string of the molecule is O=c1c2ccsc2ncn1CC1(CO)COC1. The van der Waals surface area contributed by atoms with E-state index in [4.69, 9.17) is 4.74 Å². The van der Waals surface area contributed by atoms with Crippen molar-refractivity contribution in [3.8, 4) is 0 Å². The summed E-state index contributed by atoms with van der Waals surface area (Å²) in [5.41, 5.74) is -0.356. The van der Waals surface area contributed by atoms with E-state index in [0.29, 0.717) is 25.1 Å². The first kappa shape index (κ1) is 10.9. The molecule has 1 aliphatic rings. The molecule has 5 nitrogen and oxygen atoms in total. The molecule has 1 N–H and O–H groups in total. The molecule has 0 radical (unpaired) electrons. The number of aliphatic hydroxyl groups excluding tert-OH is 1. The third-order valence-corrected chi connectivity index (χ3v) is 3.93. The van der Waals surface area contributed by atoms with Crippen LogP contribution in [0.4, 0.5) is 0 Å². The molecule has 0 atom stereocenters. The predicted molar refractivity (Wildman–Crippen MR) is 64.2 cm³/mol. The van der Waals surface area contributed by atoms with Gasteiger partial charge >= 0.3 is 0 Å². The predicted octanol–water partition coefficient (Wildman–Crippen LogP) is 0.467. The third-order valence-electron chi connectivity index (χ3n) is 3.11. The van der Waals surface area contributed by atoms with E-state index in [1.165, 1.54) is 11.3 Å². The molecule has 3 heterocycles. The Bertz CT molecular complexity index is 595. The molecule has 0 aliphatic carbocycles. The molecule has 6 heteroatoms. The molecule has 90 valence electrons. The molecule has 0 aromatic carbocycles. The van der Waals surface area contributed by atoms with Crippen molar-refractivity contribution in [2.24, 2.45) is 5.41 Å². The van der Waals surface area contributed by atoms with E-state index in [2.05, 4.69) is 4.98 Å². The van der Waals surface area contributed by atoms with E-state index in [1.54, 1.807) is 17.0 Å². The summed E-state index contributed by atoms with van der Waals surface area (Å²) in [4.78, 5) is 17.1. The van der Waals surface area contributed by atoms with Gasteiger partial charge in [-0.3, -0.25) is 9.36 Å². The summed E-state index contributed by atoms with van der Waals surface area (Å²) in [6, 6.07) is 1.79. The van der Waals surface area contributed by atoms with Crippen LogP contribution in [0.2, 0.25) is 0 Å². The van der Waals surface area contributed by atoms with Gasteiger partial charge in [0.05, 0.1) is 36.9 Å². The van der Waals surface area contributed by atoms with Gasteiger partial charge in [0.2, 0.25) is 0 Å². The highest BCUT2D eigenvalue weighted by molar-refractivity contribution is 7.16. The van der Waals surface area contributed by atoms with Gasteiger partial charge in [-0.25, -0.2) is 4.98 Å². The highest BCUT2D eigenvalue weighted by Crippen LogP contribution is 2.28. The van der Waals surface area contributed by atoms with Gasteiger partial charge in [0.25, 0.3) is 5.56 Å². The molecule has 0 bridgehead atoms. The van der Waals surface area contributed by atoms with Gasteiger partial charge in [-0.15, -0.1) is 11.3 Å². The monoisotopic (exact) mass is 252 g/mol. The summed E-state index contributed by atoms with van der Waals surface area (Å²) in [5, 5.41) is 11.9. The van der Waals surface area contributed by atoms with E-state index in [9.17, 15) is 9.90 Å². The van der Waals surface area contributed by atoms with Crippen molar-refractivity contribution in [2.45, 2.75) is 6.54 Å². The summed E-state index contributed by atoms with van der Waals surface area (Å²) >= 11 is 1.46. The second kappa shape index (κ2) is 3.90. The fourth-order valence-electron chi connectivity index (χ4n) is 1.99. The molecule has 0 saturated carbocycles. The second-order valence-corrected chi connectivity index (χ2v) is 5.36. The van der Waals surface area contributed by atoms with Crippen molar-refractivity contribution >= 4 is 21.6 Å². The standard InChI is InChI=1S/C11H12N2O3S/c14-4-11(5-16-6-11)3-13-7-12-9-8(10(13)15)1-2-17-9/h1-2,7,14H,3-6H2. The van der Waals surface area contributed by atoms with Gasteiger partial charge in [0, 0.05) is 6.54 Å². The largest absolute Gasteiger partial charge is 0.396 e. The summed E-state index contributed by atoms with van der Waals surface area (Å²) in [6.07, 6.45) is 1.55. The van der Waals surface area contributed by atoms with Crippen LogP contribution in [-0.2, 0) is 11.3 Å². The average Bonchev–Trinajstić information content (AvgIpc) is 2.75. The molecule has 1 fully saturated rings. The molecular weight excluding hydrogens is 240 g/mol. The Kier molecular flexibility index (Phi) is 2.50. The van der Waals surface area contributed by atoms with Crippen LogP contribution in [0.25, 0.3) is 10.2 Å². The van der Waals surface area contributed by atoms with E-state index in [-0.39, 0.29) is 17.6 Å². The molecule has 0 unspecified atom stereocenters. The number of hydrogen-bond donors (Lipinski definition) is 1. The normalized spacial score (nSPS) is 18.2. The molecular formula is C11H12N2O3S. The van der Waals surface area contributed by atoms with Crippen molar-refractivity contribution in [3.63, 3.8) is 0 Å². The lowest BCUT2D eigenvalue weighted by atomic mass is 9.87. The minimum absolute atomic E-state index is 0.0289. The van der Waals surface area contributed by atoms with E-state index < -0.39 is 0 Å². The lowest BCUT2D eigenvalue weighted by Crippen LogP contribution is -2.50. The van der Waals surface area contributed by atoms with Crippen LogP contribution in [0.15, 0.2) is 22.6 Å².